The van der Waals surface area contributed by atoms with Gasteiger partial charge in [0.1, 0.15) is 5.01 Å². The lowest BCUT2D eigenvalue weighted by Gasteiger charge is -2.23. The minimum atomic E-state index is 0.194. The minimum absolute atomic E-state index is 0.194. The predicted molar refractivity (Wildman–Crippen MR) is 82.9 cm³/mol. The molecule has 1 unspecified atom stereocenters. The average Bonchev–Trinajstić information content (AvgIpc) is 2.73. The monoisotopic (exact) mass is 274 g/mol. The van der Waals surface area contributed by atoms with Gasteiger partial charge in [-0.05, 0) is 51.3 Å². The zero-order chi connectivity index (χ0) is 14.0. The summed E-state index contributed by atoms with van der Waals surface area (Å²) >= 11 is 1.74. The average molecular weight is 274 g/mol. The molecule has 19 heavy (non-hydrogen) atoms. The van der Waals surface area contributed by atoms with Crippen LogP contribution in [0.15, 0.2) is 23.6 Å². The molecular weight excluding hydrogens is 252 g/mol. The maximum absolute atomic E-state index is 4.68. The van der Waals surface area contributed by atoms with E-state index in [0.717, 1.165) is 10.7 Å². The summed E-state index contributed by atoms with van der Waals surface area (Å²) in [7, 11) is 0. The van der Waals surface area contributed by atoms with Crippen molar-refractivity contribution in [1.29, 1.82) is 0 Å². The molecule has 1 aromatic heterocycles. The van der Waals surface area contributed by atoms with Crippen molar-refractivity contribution in [1.82, 2.24) is 10.3 Å². The van der Waals surface area contributed by atoms with Crippen LogP contribution < -0.4 is 5.32 Å². The SMILES string of the molecule is Cc1csc(C(NC(C)C)c2c(C)cccc2C)n1. The molecule has 0 aliphatic rings. The molecule has 102 valence electrons. The van der Waals surface area contributed by atoms with Crippen LogP contribution in [0.25, 0.3) is 0 Å². The molecule has 0 amide bonds. The van der Waals surface area contributed by atoms with Gasteiger partial charge in [0.2, 0.25) is 0 Å². The van der Waals surface area contributed by atoms with Crippen LogP contribution in [-0.2, 0) is 0 Å². The van der Waals surface area contributed by atoms with E-state index in [1.54, 1.807) is 11.3 Å². The second-order valence-electron chi connectivity index (χ2n) is 5.39. The van der Waals surface area contributed by atoms with Gasteiger partial charge >= 0.3 is 0 Å². The number of nitrogens with zero attached hydrogens (tertiary/aromatic N) is 1. The number of hydrogen-bond donors (Lipinski definition) is 1. The highest BCUT2D eigenvalue weighted by molar-refractivity contribution is 7.09. The van der Waals surface area contributed by atoms with Crippen molar-refractivity contribution in [3.05, 3.63) is 51.0 Å². The van der Waals surface area contributed by atoms with Crippen LogP contribution in [0.3, 0.4) is 0 Å². The molecule has 0 radical (unpaired) electrons. The maximum Gasteiger partial charge on any atom is 0.114 e. The van der Waals surface area contributed by atoms with Gasteiger partial charge in [-0.25, -0.2) is 4.98 Å². The van der Waals surface area contributed by atoms with Crippen LogP contribution in [0.2, 0.25) is 0 Å². The van der Waals surface area contributed by atoms with E-state index in [0.29, 0.717) is 6.04 Å². The summed E-state index contributed by atoms with van der Waals surface area (Å²) in [6.07, 6.45) is 0. The number of thiazole rings is 1. The molecule has 1 N–H and O–H groups in total. The van der Waals surface area contributed by atoms with E-state index >= 15 is 0 Å². The van der Waals surface area contributed by atoms with E-state index in [1.165, 1.54) is 16.7 Å². The van der Waals surface area contributed by atoms with E-state index < -0.39 is 0 Å². The first-order valence-electron chi connectivity index (χ1n) is 6.73. The zero-order valence-electron chi connectivity index (χ0n) is 12.3. The van der Waals surface area contributed by atoms with Crippen LogP contribution >= 0.6 is 11.3 Å². The molecular formula is C16H22N2S. The van der Waals surface area contributed by atoms with Crippen molar-refractivity contribution in [3.8, 4) is 0 Å². The van der Waals surface area contributed by atoms with E-state index in [9.17, 15) is 0 Å². The van der Waals surface area contributed by atoms with Crippen LogP contribution in [0.5, 0.6) is 0 Å². The van der Waals surface area contributed by atoms with Crippen LogP contribution in [0, 0.1) is 20.8 Å². The molecule has 2 nitrogen and oxygen atoms in total. The van der Waals surface area contributed by atoms with Gasteiger partial charge in [-0.1, -0.05) is 18.2 Å². The van der Waals surface area contributed by atoms with Gasteiger partial charge in [0, 0.05) is 17.1 Å². The Kier molecular flexibility index (Phi) is 4.38. The van der Waals surface area contributed by atoms with Crippen LogP contribution in [0.1, 0.15) is 47.3 Å². The van der Waals surface area contributed by atoms with Crippen molar-refractivity contribution in [3.63, 3.8) is 0 Å². The van der Waals surface area contributed by atoms with E-state index in [2.05, 4.69) is 68.5 Å². The number of rotatable bonds is 4. The Morgan fingerprint density at radius 1 is 1.11 bits per heavy atom. The Morgan fingerprint density at radius 2 is 1.74 bits per heavy atom. The van der Waals surface area contributed by atoms with Crippen LogP contribution in [0.4, 0.5) is 0 Å². The molecule has 0 aliphatic heterocycles. The molecule has 0 bridgehead atoms. The van der Waals surface area contributed by atoms with Crippen molar-refractivity contribution in [2.75, 3.05) is 0 Å². The Balaban J connectivity index is 2.49. The van der Waals surface area contributed by atoms with E-state index in [1.807, 2.05) is 0 Å². The van der Waals surface area contributed by atoms with Crippen molar-refractivity contribution >= 4 is 11.3 Å². The first kappa shape index (κ1) is 14.2. The minimum Gasteiger partial charge on any atom is -0.302 e. The first-order valence-corrected chi connectivity index (χ1v) is 7.61. The van der Waals surface area contributed by atoms with Gasteiger partial charge in [-0.15, -0.1) is 11.3 Å². The second-order valence-corrected chi connectivity index (χ2v) is 6.28. The molecule has 0 aliphatic carbocycles. The highest BCUT2D eigenvalue weighted by Crippen LogP contribution is 2.30. The lowest BCUT2D eigenvalue weighted by molar-refractivity contribution is 0.523. The van der Waals surface area contributed by atoms with Gasteiger partial charge in [0.15, 0.2) is 0 Å². The number of nitrogens with one attached hydrogen (secondary N) is 1. The standard InChI is InChI=1S/C16H22N2S/c1-10(2)17-15(16-18-13(5)9-19-16)14-11(3)7-6-8-12(14)4/h6-10,15,17H,1-5H3. The largest absolute Gasteiger partial charge is 0.302 e. The summed E-state index contributed by atoms with van der Waals surface area (Å²) in [5.41, 5.74) is 5.12. The highest BCUT2D eigenvalue weighted by Gasteiger charge is 2.21. The Labute approximate surface area is 119 Å². The fourth-order valence-electron chi connectivity index (χ4n) is 2.40. The number of aromatic nitrogens is 1. The van der Waals surface area contributed by atoms with Crippen LogP contribution in [-0.4, -0.2) is 11.0 Å². The molecule has 0 fully saturated rings. The lowest BCUT2D eigenvalue weighted by atomic mass is 9.96. The van der Waals surface area contributed by atoms with Crippen molar-refractivity contribution < 1.29 is 0 Å². The fraction of sp³-hybridized carbons (Fsp3) is 0.438. The highest BCUT2D eigenvalue weighted by atomic mass is 32.1. The van der Waals surface area contributed by atoms with Crippen molar-refractivity contribution in [2.45, 2.75) is 46.7 Å². The second kappa shape index (κ2) is 5.85. The molecule has 2 aromatic rings. The fourth-order valence-corrected chi connectivity index (χ4v) is 3.26. The number of benzene rings is 1. The lowest BCUT2D eigenvalue weighted by Crippen LogP contribution is -2.30. The topological polar surface area (TPSA) is 24.9 Å². The first-order chi connectivity index (χ1) is 8.99. The quantitative estimate of drug-likeness (QED) is 0.905. The number of aryl methyl sites for hydroxylation is 3. The predicted octanol–water partition coefficient (Wildman–Crippen LogP) is 4.16. The molecule has 0 spiro atoms. The Hall–Kier alpha value is -1.19. The normalized spacial score (nSPS) is 12.9. The molecule has 1 heterocycles. The summed E-state index contributed by atoms with van der Waals surface area (Å²) < 4.78 is 0. The summed E-state index contributed by atoms with van der Waals surface area (Å²) in [5, 5.41) is 6.93. The third kappa shape index (κ3) is 3.23. The van der Waals surface area contributed by atoms with E-state index in [4.69, 9.17) is 0 Å². The van der Waals surface area contributed by atoms with Gasteiger partial charge in [0.05, 0.1) is 6.04 Å². The molecule has 2 rings (SSSR count). The van der Waals surface area contributed by atoms with E-state index in [-0.39, 0.29) is 6.04 Å². The summed E-state index contributed by atoms with van der Waals surface area (Å²) in [6.45, 7) is 10.8. The Bertz CT molecular complexity index is 537. The summed E-state index contributed by atoms with van der Waals surface area (Å²) in [4.78, 5) is 4.68. The molecule has 1 atom stereocenters. The Morgan fingerprint density at radius 3 is 2.21 bits per heavy atom. The zero-order valence-corrected chi connectivity index (χ0v) is 13.1. The van der Waals surface area contributed by atoms with Gasteiger partial charge in [-0.2, -0.15) is 0 Å². The smallest absolute Gasteiger partial charge is 0.114 e. The number of hydrogen-bond acceptors (Lipinski definition) is 3. The summed E-state index contributed by atoms with van der Waals surface area (Å²) in [6, 6.07) is 7.09. The molecule has 1 aromatic carbocycles. The molecule has 0 saturated carbocycles. The molecule has 3 heteroatoms. The van der Waals surface area contributed by atoms with Gasteiger partial charge < -0.3 is 5.32 Å². The maximum atomic E-state index is 4.68. The van der Waals surface area contributed by atoms with Gasteiger partial charge in [0.25, 0.3) is 0 Å². The van der Waals surface area contributed by atoms with Gasteiger partial charge in [-0.3, -0.25) is 0 Å². The third-order valence-electron chi connectivity index (χ3n) is 3.21. The van der Waals surface area contributed by atoms with Crippen molar-refractivity contribution in [2.24, 2.45) is 0 Å². The molecule has 0 saturated heterocycles. The third-order valence-corrected chi connectivity index (χ3v) is 4.24. The summed E-state index contributed by atoms with van der Waals surface area (Å²) in [5.74, 6) is 0.